The molecule has 0 spiro atoms. The van der Waals surface area contributed by atoms with Crippen LogP contribution < -0.4 is 0 Å². The lowest BCUT2D eigenvalue weighted by atomic mass is 9.95. The molecule has 0 amide bonds. The molecule has 0 aliphatic heterocycles. The van der Waals surface area contributed by atoms with E-state index in [0.29, 0.717) is 0 Å². The summed E-state index contributed by atoms with van der Waals surface area (Å²) >= 11 is 0. The van der Waals surface area contributed by atoms with Crippen molar-refractivity contribution < 1.29 is 0 Å². The van der Waals surface area contributed by atoms with Crippen LogP contribution in [-0.4, -0.2) is 0 Å². The van der Waals surface area contributed by atoms with Gasteiger partial charge in [-0.25, -0.2) is 0 Å². The molecule has 1 nitrogen and oxygen atoms in total. The normalized spacial score (nSPS) is 11.3. The quantitative estimate of drug-likeness (QED) is 0.731. The molecule has 0 unspecified atom stereocenters. The average Bonchev–Trinajstić information content (AvgIpc) is 2.26. The molecule has 0 saturated heterocycles. The minimum Gasteiger partial charge on any atom is -0.192 e. The third-order valence-corrected chi connectivity index (χ3v) is 2.86. The van der Waals surface area contributed by atoms with E-state index in [0.717, 1.165) is 24.0 Å². The van der Waals surface area contributed by atoms with Gasteiger partial charge in [-0.15, -0.1) is 0 Å². The van der Waals surface area contributed by atoms with Crippen molar-refractivity contribution in [3.8, 4) is 6.07 Å². The molecular weight excluding hydrogens is 194 g/mol. The molecule has 0 aliphatic carbocycles. The number of allylic oxidation sites excluding steroid dienone is 2. The van der Waals surface area contributed by atoms with Crippen LogP contribution in [0.4, 0.5) is 0 Å². The van der Waals surface area contributed by atoms with Crippen LogP contribution in [0.25, 0.3) is 5.57 Å². The van der Waals surface area contributed by atoms with E-state index in [4.69, 9.17) is 5.26 Å². The molecule has 0 heterocycles. The zero-order valence-electron chi connectivity index (χ0n) is 10.6. The molecule has 0 N–H and O–H groups in total. The third-order valence-electron chi connectivity index (χ3n) is 2.86. The maximum atomic E-state index is 9.02. The number of unbranched alkanes of at least 4 members (excludes halogenated alkanes) is 1. The summed E-state index contributed by atoms with van der Waals surface area (Å²) in [6.07, 6.45) is 4.51. The Morgan fingerprint density at radius 1 is 1.31 bits per heavy atom. The van der Waals surface area contributed by atoms with E-state index < -0.39 is 0 Å². The van der Waals surface area contributed by atoms with Crippen molar-refractivity contribution in [2.75, 3.05) is 0 Å². The van der Waals surface area contributed by atoms with Crippen LogP contribution in [-0.2, 0) is 0 Å². The van der Waals surface area contributed by atoms with E-state index in [-0.39, 0.29) is 0 Å². The SMILES string of the molecule is CCC/C=C(/C)c1cc(C#N)c(C)cc1C. The van der Waals surface area contributed by atoms with Crippen LogP contribution in [0.15, 0.2) is 18.2 Å². The van der Waals surface area contributed by atoms with Crippen LogP contribution in [0.3, 0.4) is 0 Å². The molecule has 0 saturated carbocycles. The molecule has 16 heavy (non-hydrogen) atoms. The predicted molar refractivity (Wildman–Crippen MR) is 69.2 cm³/mol. The fourth-order valence-corrected chi connectivity index (χ4v) is 1.87. The number of benzene rings is 1. The van der Waals surface area contributed by atoms with Gasteiger partial charge >= 0.3 is 0 Å². The zero-order chi connectivity index (χ0) is 12.1. The van der Waals surface area contributed by atoms with Crippen molar-refractivity contribution >= 4 is 5.57 Å². The first-order chi connectivity index (χ1) is 7.60. The second-order valence-corrected chi connectivity index (χ2v) is 4.27. The van der Waals surface area contributed by atoms with Crippen molar-refractivity contribution in [3.05, 3.63) is 40.5 Å². The molecule has 1 rings (SSSR count). The van der Waals surface area contributed by atoms with Gasteiger partial charge in [-0.3, -0.25) is 0 Å². The van der Waals surface area contributed by atoms with Gasteiger partial charge in [0.25, 0.3) is 0 Å². The molecule has 1 aromatic carbocycles. The topological polar surface area (TPSA) is 23.8 Å². The van der Waals surface area contributed by atoms with Crippen molar-refractivity contribution in [2.24, 2.45) is 0 Å². The minimum absolute atomic E-state index is 0.782. The van der Waals surface area contributed by atoms with Crippen LogP contribution in [0.1, 0.15) is 48.9 Å². The van der Waals surface area contributed by atoms with E-state index in [2.05, 4.69) is 39.0 Å². The highest BCUT2D eigenvalue weighted by atomic mass is 14.2. The van der Waals surface area contributed by atoms with Gasteiger partial charge < -0.3 is 0 Å². The van der Waals surface area contributed by atoms with Crippen molar-refractivity contribution in [2.45, 2.75) is 40.5 Å². The van der Waals surface area contributed by atoms with Gasteiger partial charge in [0.1, 0.15) is 0 Å². The fourth-order valence-electron chi connectivity index (χ4n) is 1.87. The summed E-state index contributed by atoms with van der Waals surface area (Å²) in [7, 11) is 0. The van der Waals surface area contributed by atoms with Gasteiger partial charge in [-0.05, 0) is 55.5 Å². The standard InChI is InChI=1S/C15H19N/c1-5-6-7-11(2)15-9-14(10-16)12(3)8-13(15)4/h7-9H,5-6H2,1-4H3/b11-7-. The van der Waals surface area contributed by atoms with Crippen LogP contribution in [0.2, 0.25) is 0 Å². The first-order valence-corrected chi connectivity index (χ1v) is 5.78. The van der Waals surface area contributed by atoms with E-state index in [1.165, 1.54) is 16.7 Å². The van der Waals surface area contributed by atoms with E-state index >= 15 is 0 Å². The fraction of sp³-hybridized carbons (Fsp3) is 0.400. The zero-order valence-corrected chi connectivity index (χ0v) is 10.6. The summed E-state index contributed by atoms with van der Waals surface area (Å²) in [5.41, 5.74) is 5.57. The predicted octanol–water partition coefficient (Wildman–Crippen LogP) is 4.38. The Morgan fingerprint density at radius 3 is 2.56 bits per heavy atom. The van der Waals surface area contributed by atoms with Crippen LogP contribution in [0, 0.1) is 25.2 Å². The van der Waals surface area contributed by atoms with Gasteiger partial charge in [0, 0.05) is 0 Å². The Kier molecular flexibility index (Phi) is 4.31. The molecule has 0 bridgehead atoms. The summed E-state index contributed by atoms with van der Waals surface area (Å²) in [6.45, 7) is 8.38. The second-order valence-electron chi connectivity index (χ2n) is 4.27. The van der Waals surface area contributed by atoms with Gasteiger partial charge in [0.15, 0.2) is 0 Å². The minimum atomic E-state index is 0.782. The van der Waals surface area contributed by atoms with E-state index in [1.54, 1.807) is 0 Å². The molecular formula is C15H19N. The van der Waals surface area contributed by atoms with Gasteiger partial charge in [-0.2, -0.15) is 5.26 Å². The van der Waals surface area contributed by atoms with Gasteiger partial charge in [-0.1, -0.05) is 25.5 Å². The van der Waals surface area contributed by atoms with E-state index in [9.17, 15) is 0 Å². The molecule has 0 fully saturated rings. The molecule has 0 aromatic heterocycles. The summed E-state index contributed by atoms with van der Waals surface area (Å²) in [6, 6.07) is 6.35. The lowest BCUT2D eigenvalue weighted by Crippen LogP contribution is -1.91. The summed E-state index contributed by atoms with van der Waals surface area (Å²) in [5.74, 6) is 0. The first kappa shape index (κ1) is 12.5. The number of nitrogens with zero attached hydrogens (tertiary/aromatic N) is 1. The summed E-state index contributed by atoms with van der Waals surface area (Å²) < 4.78 is 0. The average molecular weight is 213 g/mol. The van der Waals surface area contributed by atoms with Crippen LogP contribution in [0.5, 0.6) is 0 Å². The number of nitriles is 1. The maximum Gasteiger partial charge on any atom is 0.0994 e. The maximum absolute atomic E-state index is 9.02. The monoisotopic (exact) mass is 213 g/mol. The molecule has 0 aliphatic rings. The first-order valence-electron chi connectivity index (χ1n) is 5.78. The van der Waals surface area contributed by atoms with Crippen LogP contribution >= 0.6 is 0 Å². The number of hydrogen-bond donors (Lipinski definition) is 0. The largest absolute Gasteiger partial charge is 0.192 e. The second kappa shape index (κ2) is 5.51. The highest BCUT2D eigenvalue weighted by molar-refractivity contribution is 5.68. The Labute approximate surface area is 98.4 Å². The van der Waals surface area contributed by atoms with E-state index in [1.807, 2.05) is 13.0 Å². The molecule has 1 heteroatoms. The Morgan fingerprint density at radius 2 is 2.00 bits per heavy atom. The lowest BCUT2D eigenvalue weighted by molar-refractivity contribution is 0.959. The summed E-state index contributed by atoms with van der Waals surface area (Å²) in [4.78, 5) is 0. The highest BCUT2D eigenvalue weighted by Gasteiger charge is 2.05. The van der Waals surface area contributed by atoms with Crippen molar-refractivity contribution in [3.63, 3.8) is 0 Å². The Bertz CT molecular complexity index is 447. The lowest BCUT2D eigenvalue weighted by Gasteiger charge is -2.09. The smallest absolute Gasteiger partial charge is 0.0994 e. The molecule has 84 valence electrons. The van der Waals surface area contributed by atoms with Crippen molar-refractivity contribution in [1.29, 1.82) is 5.26 Å². The Balaban J connectivity index is 3.19. The number of rotatable bonds is 3. The molecule has 1 aromatic rings. The number of aryl methyl sites for hydroxylation is 2. The third kappa shape index (κ3) is 2.73. The van der Waals surface area contributed by atoms with Gasteiger partial charge in [0.2, 0.25) is 0 Å². The Hall–Kier alpha value is -1.55. The molecule has 0 atom stereocenters. The summed E-state index contributed by atoms with van der Waals surface area (Å²) in [5, 5.41) is 9.02. The number of hydrogen-bond acceptors (Lipinski definition) is 1. The molecule has 0 radical (unpaired) electrons. The highest BCUT2D eigenvalue weighted by Crippen LogP contribution is 2.23. The van der Waals surface area contributed by atoms with Crippen molar-refractivity contribution in [1.82, 2.24) is 0 Å². The van der Waals surface area contributed by atoms with Gasteiger partial charge in [0.05, 0.1) is 11.6 Å².